The lowest BCUT2D eigenvalue weighted by molar-refractivity contribution is -0.00000505. The molecule has 2 aromatic rings. The molecule has 3 rings (SSSR count). The van der Waals surface area contributed by atoms with Gasteiger partial charge >= 0.3 is 0 Å². The van der Waals surface area contributed by atoms with E-state index in [-0.39, 0.29) is 18.2 Å². The molecule has 1 saturated carbocycles. The second-order valence-corrected chi connectivity index (χ2v) is 5.18. The van der Waals surface area contributed by atoms with E-state index in [1.807, 2.05) is 18.2 Å². The summed E-state index contributed by atoms with van der Waals surface area (Å²) in [5.74, 6) is 0.674. The Bertz CT molecular complexity index is 569. The van der Waals surface area contributed by atoms with Crippen LogP contribution in [0.2, 0.25) is 0 Å². The van der Waals surface area contributed by atoms with E-state index < -0.39 is 0 Å². The van der Waals surface area contributed by atoms with E-state index in [0.29, 0.717) is 12.6 Å². The second-order valence-electron chi connectivity index (χ2n) is 5.18. The van der Waals surface area contributed by atoms with Crippen molar-refractivity contribution in [3.05, 3.63) is 65.5 Å². The molecule has 0 radical (unpaired) electrons. The maximum absolute atomic E-state index is 12.8. The summed E-state index contributed by atoms with van der Waals surface area (Å²) in [5, 5.41) is 3.49. The first-order valence-corrected chi connectivity index (χ1v) is 7.00. The quantitative estimate of drug-likeness (QED) is 0.847. The normalized spacial score (nSPS) is 13.6. The number of hydrogen-bond acceptors (Lipinski definition) is 2. The van der Waals surface area contributed by atoms with E-state index >= 15 is 0 Å². The maximum atomic E-state index is 12.8. The molecule has 4 heteroatoms. The Morgan fingerprint density at radius 3 is 2.48 bits per heavy atom. The molecule has 1 aliphatic carbocycles. The van der Waals surface area contributed by atoms with Crippen LogP contribution in [0.25, 0.3) is 0 Å². The number of nitrogens with one attached hydrogen (secondary N) is 1. The van der Waals surface area contributed by atoms with Crippen LogP contribution in [0.5, 0.6) is 5.75 Å². The van der Waals surface area contributed by atoms with Crippen molar-refractivity contribution in [1.29, 1.82) is 0 Å². The number of halogens is 2. The van der Waals surface area contributed by atoms with E-state index in [9.17, 15) is 4.39 Å². The lowest BCUT2D eigenvalue weighted by Gasteiger charge is -2.12. The Balaban J connectivity index is 0.00000161. The van der Waals surface area contributed by atoms with Crippen molar-refractivity contribution in [2.24, 2.45) is 0 Å². The summed E-state index contributed by atoms with van der Waals surface area (Å²) < 4.78 is 18.7. The highest BCUT2D eigenvalue weighted by molar-refractivity contribution is 5.33. The topological polar surface area (TPSA) is 21.3 Å². The first-order valence-electron chi connectivity index (χ1n) is 7.00. The zero-order valence-corrected chi connectivity index (χ0v) is 12.4. The van der Waals surface area contributed by atoms with Gasteiger partial charge in [0.2, 0.25) is 0 Å². The first kappa shape index (κ1) is 15.8. The van der Waals surface area contributed by atoms with Crippen molar-refractivity contribution in [1.82, 2.24) is 5.32 Å². The van der Waals surface area contributed by atoms with E-state index in [1.165, 1.54) is 30.5 Å². The van der Waals surface area contributed by atoms with Gasteiger partial charge in [-0.2, -0.15) is 0 Å². The van der Waals surface area contributed by atoms with Gasteiger partial charge in [0.1, 0.15) is 18.2 Å². The van der Waals surface area contributed by atoms with Crippen LogP contribution in [0.15, 0.2) is 48.5 Å². The van der Waals surface area contributed by atoms with Gasteiger partial charge in [0.25, 0.3) is 0 Å². The van der Waals surface area contributed by atoms with Gasteiger partial charge in [-0.1, -0.05) is 30.3 Å². The monoisotopic (exact) mass is 306 g/mol. The van der Waals surface area contributed by atoms with Crippen molar-refractivity contribution in [2.45, 2.75) is 32.0 Å². The smallest absolute Gasteiger partial charge is 0.124 e. The molecule has 2 aromatic carbocycles. The molecule has 0 amide bonds. The second kappa shape index (κ2) is 7.43. The fourth-order valence-electron chi connectivity index (χ4n) is 2.07. The van der Waals surface area contributed by atoms with Crippen LogP contribution in [0, 0.1) is 5.82 Å². The SMILES string of the molecule is Fc1ccc(COc2ccccc2CNC2CC2)cc1.[Cl-]. The summed E-state index contributed by atoms with van der Waals surface area (Å²) in [4.78, 5) is 0. The molecule has 0 aliphatic heterocycles. The van der Waals surface area contributed by atoms with Crippen LogP contribution in [0.1, 0.15) is 24.0 Å². The molecule has 0 atom stereocenters. The minimum atomic E-state index is -0.220. The van der Waals surface area contributed by atoms with Gasteiger partial charge < -0.3 is 22.5 Å². The molecule has 21 heavy (non-hydrogen) atoms. The van der Waals surface area contributed by atoms with Crippen molar-refractivity contribution in [2.75, 3.05) is 0 Å². The van der Waals surface area contributed by atoms with Gasteiger partial charge in [0, 0.05) is 18.2 Å². The zero-order chi connectivity index (χ0) is 13.8. The van der Waals surface area contributed by atoms with Gasteiger partial charge in [-0.25, -0.2) is 4.39 Å². The maximum Gasteiger partial charge on any atom is 0.124 e. The highest BCUT2D eigenvalue weighted by Crippen LogP contribution is 2.23. The fourth-order valence-corrected chi connectivity index (χ4v) is 2.07. The Hall–Kier alpha value is -1.58. The summed E-state index contributed by atoms with van der Waals surface area (Å²) in [6.45, 7) is 1.30. The summed E-state index contributed by atoms with van der Waals surface area (Å²) >= 11 is 0. The van der Waals surface area contributed by atoms with Gasteiger partial charge in [-0.15, -0.1) is 0 Å². The molecule has 1 N–H and O–H groups in total. The number of benzene rings is 2. The molecule has 2 nitrogen and oxygen atoms in total. The molecule has 0 aromatic heterocycles. The van der Waals surface area contributed by atoms with E-state index in [2.05, 4.69) is 11.4 Å². The van der Waals surface area contributed by atoms with Gasteiger partial charge in [0.15, 0.2) is 0 Å². The highest BCUT2D eigenvalue weighted by atomic mass is 35.5. The molecular formula is C17H18ClFNO-. The summed E-state index contributed by atoms with van der Waals surface area (Å²) in [6.07, 6.45) is 2.55. The number of hydrogen-bond donors (Lipinski definition) is 1. The minimum absolute atomic E-state index is 0. The third-order valence-electron chi connectivity index (χ3n) is 3.44. The van der Waals surface area contributed by atoms with Gasteiger partial charge in [0.05, 0.1) is 0 Å². The third kappa shape index (κ3) is 4.73. The van der Waals surface area contributed by atoms with Gasteiger partial charge in [-0.05, 0) is 36.6 Å². The average molecular weight is 307 g/mol. The molecule has 0 bridgehead atoms. The minimum Gasteiger partial charge on any atom is -1.00 e. The Morgan fingerprint density at radius 2 is 1.76 bits per heavy atom. The van der Waals surface area contributed by atoms with E-state index in [1.54, 1.807) is 12.1 Å². The molecule has 0 heterocycles. The third-order valence-corrected chi connectivity index (χ3v) is 3.44. The molecular weight excluding hydrogens is 289 g/mol. The van der Waals surface area contributed by atoms with Crippen molar-refractivity contribution >= 4 is 0 Å². The predicted molar refractivity (Wildman–Crippen MR) is 77.0 cm³/mol. The molecule has 0 saturated heterocycles. The fraction of sp³-hybridized carbons (Fsp3) is 0.294. The van der Waals surface area contributed by atoms with Crippen LogP contribution < -0.4 is 22.5 Å². The summed E-state index contributed by atoms with van der Waals surface area (Å²) in [6, 6.07) is 15.2. The summed E-state index contributed by atoms with van der Waals surface area (Å²) in [7, 11) is 0. The van der Waals surface area contributed by atoms with Crippen molar-refractivity contribution in [3.8, 4) is 5.75 Å². The van der Waals surface area contributed by atoms with Gasteiger partial charge in [-0.3, -0.25) is 0 Å². The zero-order valence-electron chi connectivity index (χ0n) is 11.7. The van der Waals surface area contributed by atoms with Crippen molar-refractivity contribution in [3.63, 3.8) is 0 Å². The van der Waals surface area contributed by atoms with Crippen LogP contribution in [0.4, 0.5) is 4.39 Å². The average Bonchev–Trinajstić information content (AvgIpc) is 3.30. The number of ether oxygens (including phenoxy) is 1. The highest BCUT2D eigenvalue weighted by Gasteiger charge is 2.20. The largest absolute Gasteiger partial charge is 1.00 e. The molecule has 1 aliphatic rings. The van der Waals surface area contributed by atoms with Crippen LogP contribution in [-0.2, 0) is 13.2 Å². The molecule has 0 unspecified atom stereocenters. The lowest BCUT2D eigenvalue weighted by atomic mass is 10.2. The van der Waals surface area contributed by atoms with E-state index in [4.69, 9.17) is 4.74 Å². The van der Waals surface area contributed by atoms with Crippen molar-refractivity contribution < 1.29 is 21.5 Å². The lowest BCUT2D eigenvalue weighted by Crippen LogP contribution is -3.00. The first-order chi connectivity index (χ1) is 9.81. The Labute approximate surface area is 130 Å². The Kier molecular flexibility index (Phi) is 5.59. The van der Waals surface area contributed by atoms with E-state index in [0.717, 1.165) is 17.9 Å². The molecule has 1 fully saturated rings. The summed E-state index contributed by atoms with van der Waals surface area (Å²) in [5.41, 5.74) is 2.14. The Morgan fingerprint density at radius 1 is 1.05 bits per heavy atom. The van der Waals surface area contributed by atoms with Crippen LogP contribution in [-0.4, -0.2) is 6.04 Å². The molecule has 112 valence electrons. The van der Waals surface area contributed by atoms with Crippen LogP contribution in [0.3, 0.4) is 0 Å². The molecule has 0 spiro atoms. The predicted octanol–water partition coefficient (Wildman–Crippen LogP) is 0.661. The van der Waals surface area contributed by atoms with Crippen LogP contribution >= 0.6 is 0 Å². The standard InChI is InChI=1S/C17H18FNO.ClH/c18-15-7-5-13(6-8-15)12-20-17-4-2-1-3-14(17)11-19-16-9-10-16;/h1-8,16,19H,9-12H2;1H/p-1. The number of rotatable bonds is 6. The number of para-hydroxylation sites is 1.